The molecule has 0 bridgehead atoms. The molecule has 4 nitrogen and oxygen atoms in total. The second-order valence-corrected chi connectivity index (χ2v) is 5.97. The van der Waals surface area contributed by atoms with E-state index < -0.39 is 0 Å². The predicted molar refractivity (Wildman–Crippen MR) is 103 cm³/mol. The first-order valence-electron chi connectivity index (χ1n) is 8.52. The van der Waals surface area contributed by atoms with Crippen LogP contribution in [0.1, 0.15) is 24.1 Å². The van der Waals surface area contributed by atoms with Crippen molar-refractivity contribution >= 4 is 12.0 Å². The van der Waals surface area contributed by atoms with Gasteiger partial charge in [0.2, 0.25) is 5.91 Å². The Bertz CT molecular complexity index is 925. The van der Waals surface area contributed by atoms with Gasteiger partial charge in [-0.1, -0.05) is 24.3 Å². The zero-order chi connectivity index (χ0) is 19.1. The van der Waals surface area contributed by atoms with Crippen LogP contribution >= 0.6 is 0 Å². The summed E-state index contributed by atoms with van der Waals surface area (Å²) < 4.78 is 18.7. The van der Waals surface area contributed by atoms with Crippen LogP contribution in [0.15, 0.2) is 79.1 Å². The highest BCUT2D eigenvalue weighted by Crippen LogP contribution is 2.24. The number of hydrogen-bond donors (Lipinski definition) is 1. The van der Waals surface area contributed by atoms with Gasteiger partial charge in [0.1, 0.15) is 17.3 Å². The number of carbonyl (C=O) groups excluding carboxylic acids is 1. The fraction of sp³-hybridized carbons (Fsp3) is 0.0909. The van der Waals surface area contributed by atoms with Gasteiger partial charge in [-0.15, -0.1) is 0 Å². The standard InChI is InChI=1S/C22H19FN2O2/c1-16(25-22(26)10-7-17-5-8-19(23)9-6-17)18-3-2-4-21(15-18)27-20-11-13-24-14-12-20/h2-16H,1H3,(H,25,26)/t16-/m0/s1. The lowest BCUT2D eigenvalue weighted by Crippen LogP contribution is -2.24. The van der Waals surface area contributed by atoms with Crippen molar-refractivity contribution in [2.75, 3.05) is 0 Å². The Labute approximate surface area is 157 Å². The van der Waals surface area contributed by atoms with E-state index in [1.165, 1.54) is 18.2 Å². The summed E-state index contributed by atoms with van der Waals surface area (Å²) in [7, 11) is 0. The third-order valence-corrected chi connectivity index (χ3v) is 3.90. The third kappa shape index (κ3) is 5.51. The van der Waals surface area contributed by atoms with Gasteiger partial charge in [-0.3, -0.25) is 9.78 Å². The van der Waals surface area contributed by atoms with Crippen LogP contribution in [0, 0.1) is 5.82 Å². The first kappa shape index (κ1) is 18.3. The highest BCUT2D eigenvalue weighted by atomic mass is 19.1. The average Bonchev–Trinajstić information content (AvgIpc) is 2.68. The van der Waals surface area contributed by atoms with Crippen LogP contribution in [-0.2, 0) is 4.79 Å². The topological polar surface area (TPSA) is 51.2 Å². The number of amides is 1. The Hall–Kier alpha value is -3.47. The zero-order valence-corrected chi connectivity index (χ0v) is 14.8. The predicted octanol–water partition coefficient (Wildman–Crippen LogP) is 4.90. The maximum Gasteiger partial charge on any atom is 0.244 e. The molecular formula is C22H19FN2O2. The van der Waals surface area contributed by atoms with Crippen molar-refractivity contribution in [3.63, 3.8) is 0 Å². The minimum absolute atomic E-state index is 0.198. The quantitative estimate of drug-likeness (QED) is 0.634. The van der Waals surface area contributed by atoms with Crippen LogP contribution < -0.4 is 10.1 Å². The molecule has 1 N–H and O–H groups in total. The monoisotopic (exact) mass is 362 g/mol. The van der Waals surface area contributed by atoms with E-state index in [9.17, 15) is 9.18 Å². The number of nitrogens with zero attached hydrogens (tertiary/aromatic N) is 1. The number of rotatable bonds is 6. The molecule has 0 saturated heterocycles. The minimum atomic E-state index is -0.306. The third-order valence-electron chi connectivity index (χ3n) is 3.90. The van der Waals surface area contributed by atoms with E-state index in [4.69, 9.17) is 4.74 Å². The molecular weight excluding hydrogens is 343 g/mol. The number of benzene rings is 2. The van der Waals surface area contributed by atoms with Crippen molar-refractivity contribution in [2.24, 2.45) is 0 Å². The summed E-state index contributed by atoms with van der Waals surface area (Å²) in [6.45, 7) is 1.90. The van der Waals surface area contributed by atoms with Gasteiger partial charge in [0.05, 0.1) is 6.04 Å². The highest BCUT2D eigenvalue weighted by molar-refractivity contribution is 5.91. The van der Waals surface area contributed by atoms with Gasteiger partial charge in [-0.05, 0) is 60.5 Å². The van der Waals surface area contributed by atoms with Crippen molar-refractivity contribution in [3.05, 3.63) is 96.1 Å². The Balaban J connectivity index is 1.61. The van der Waals surface area contributed by atoms with Crippen LogP contribution in [0.2, 0.25) is 0 Å². The molecule has 1 atom stereocenters. The van der Waals surface area contributed by atoms with Gasteiger partial charge in [0, 0.05) is 18.5 Å². The minimum Gasteiger partial charge on any atom is -0.457 e. The summed E-state index contributed by atoms with van der Waals surface area (Å²) in [5.41, 5.74) is 1.68. The number of hydrogen-bond acceptors (Lipinski definition) is 3. The van der Waals surface area contributed by atoms with E-state index in [2.05, 4.69) is 10.3 Å². The SMILES string of the molecule is C[C@H](NC(=O)C=Cc1ccc(F)cc1)c1cccc(Oc2ccncc2)c1. The molecule has 0 spiro atoms. The molecule has 3 rings (SSSR count). The summed E-state index contributed by atoms with van der Waals surface area (Å²) in [4.78, 5) is 16.1. The van der Waals surface area contributed by atoms with Gasteiger partial charge < -0.3 is 10.1 Å². The van der Waals surface area contributed by atoms with Crippen molar-refractivity contribution in [2.45, 2.75) is 13.0 Å². The van der Waals surface area contributed by atoms with Crippen LogP contribution in [-0.4, -0.2) is 10.9 Å². The van der Waals surface area contributed by atoms with Gasteiger partial charge in [0.25, 0.3) is 0 Å². The number of aromatic nitrogens is 1. The molecule has 0 fully saturated rings. The molecule has 2 aromatic carbocycles. The molecule has 0 unspecified atom stereocenters. The van der Waals surface area contributed by atoms with Crippen LogP contribution in [0.4, 0.5) is 4.39 Å². The van der Waals surface area contributed by atoms with E-state index in [0.29, 0.717) is 11.5 Å². The van der Waals surface area contributed by atoms with Crippen LogP contribution in [0.3, 0.4) is 0 Å². The molecule has 0 radical (unpaired) electrons. The van der Waals surface area contributed by atoms with Crippen LogP contribution in [0.5, 0.6) is 11.5 Å². The molecule has 27 heavy (non-hydrogen) atoms. The van der Waals surface area contributed by atoms with E-state index >= 15 is 0 Å². The Morgan fingerprint density at radius 1 is 1.07 bits per heavy atom. The molecule has 0 saturated carbocycles. The molecule has 0 aliphatic rings. The lowest BCUT2D eigenvalue weighted by molar-refractivity contribution is -0.117. The van der Waals surface area contributed by atoms with Crippen molar-refractivity contribution in [1.82, 2.24) is 10.3 Å². The first-order chi connectivity index (χ1) is 13.1. The average molecular weight is 362 g/mol. The van der Waals surface area contributed by atoms with Gasteiger partial charge in [-0.25, -0.2) is 4.39 Å². The largest absolute Gasteiger partial charge is 0.457 e. The fourth-order valence-electron chi connectivity index (χ4n) is 2.48. The Morgan fingerprint density at radius 3 is 2.56 bits per heavy atom. The summed E-state index contributed by atoms with van der Waals surface area (Å²) in [6.07, 6.45) is 6.40. The summed E-state index contributed by atoms with van der Waals surface area (Å²) in [5.74, 6) is 0.842. The molecule has 1 heterocycles. The molecule has 3 aromatic rings. The Morgan fingerprint density at radius 2 is 1.81 bits per heavy atom. The normalized spacial score (nSPS) is 11.9. The molecule has 136 valence electrons. The smallest absolute Gasteiger partial charge is 0.244 e. The van der Waals surface area contributed by atoms with Gasteiger partial charge in [-0.2, -0.15) is 0 Å². The number of ether oxygens (including phenoxy) is 1. The van der Waals surface area contributed by atoms with Crippen molar-refractivity contribution in [1.29, 1.82) is 0 Å². The maximum atomic E-state index is 12.9. The second-order valence-electron chi connectivity index (χ2n) is 5.97. The lowest BCUT2D eigenvalue weighted by atomic mass is 10.1. The summed E-state index contributed by atoms with van der Waals surface area (Å²) >= 11 is 0. The van der Waals surface area contributed by atoms with E-state index in [1.54, 1.807) is 42.7 Å². The number of halogens is 1. The maximum absolute atomic E-state index is 12.9. The zero-order valence-electron chi connectivity index (χ0n) is 14.8. The second kappa shape index (κ2) is 8.76. The molecule has 0 aliphatic heterocycles. The van der Waals surface area contributed by atoms with Gasteiger partial charge in [0.15, 0.2) is 0 Å². The lowest BCUT2D eigenvalue weighted by Gasteiger charge is -2.14. The number of nitrogens with one attached hydrogen (secondary N) is 1. The summed E-state index contributed by atoms with van der Waals surface area (Å²) in [6, 6.07) is 16.8. The van der Waals surface area contributed by atoms with Crippen molar-refractivity contribution in [3.8, 4) is 11.5 Å². The molecule has 1 aromatic heterocycles. The number of carbonyl (C=O) groups is 1. The molecule has 1 amide bonds. The first-order valence-corrected chi connectivity index (χ1v) is 8.52. The summed E-state index contributed by atoms with van der Waals surface area (Å²) in [5, 5.41) is 2.90. The highest BCUT2D eigenvalue weighted by Gasteiger charge is 2.09. The van der Waals surface area contributed by atoms with Crippen LogP contribution in [0.25, 0.3) is 6.08 Å². The van der Waals surface area contributed by atoms with Crippen molar-refractivity contribution < 1.29 is 13.9 Å². The van der Waals surface area contributed by atoms with E-state index in [-0.39, 0.29) is 17.8 Å². The van der Waals surface area contributed by atoms with E-state index in [0.717, 1.165) is 11.1 Å². The van der Waals surface area contributed by atoms with E-state index in [1.807, 2.05) is 31.2 Å². The Kier molecular flexibility index (Phi) is 5.94. The molecule has 0 aliphatic carbocycles. The van der Waals surface area contributed by atoms with Gasteiger partial charge >= 0.3 is 0 Å². The molecule has 5 heteroatoms. The number of pyridine rings is 1. The fourth-order valence-corrected chi connectivity index (χ4v) is 2.48.